The van der Waals surface area contributed by atoms with Crippen molar-refractivity contribution in [3.8, 4) is 0 Å². The van der Waals surface area contributed by atoms with E-state index in [2.05, 4.69) is 20.9 Å². The fourth-order valence-corrected chi connectivity index (χ4v) is 0.653. The maximum absolute atomic E-state index is 5.50. The minimum atomic E-state index is -0.0229. The normalized spacial score (nSPS) is 12.2. The van der Waals surface area contributed by atoms with Crippen LogP contribution in [-0.2, 0) is 0 Å². The lowest BCUT2D eigenvalue weighted by Crippen LogP contribution is -2.54. The number of rotatable bonds is 4. The predicted octanol–water partition coefficient (Wildman–Crippen LogP) is -1.37. The Morgan fingerprint density at radius 3 is 2.36 bits per heavy atom. The van der Waals surface area contributed by atoms with E-state index in [0.717, 1.165) is 0 Å². The van der Waals surface area contributed by atoms with Gasteiger partial charge in [0, 0.05) is 6.54 Å². The van der Waals surface area contributed by atoms with Gasteiger partial charge in [-0.05, 0) is 21.0 Å². The van der Waals surface area contributed by atoms with Crippen LogP contribution in [0.25, 0.3) is 0 Å². The van der Waals surface area contributed by atoms with Crippen LogP contribution in [0.15, 0.2) is 4.99 Å². The molecule has 0 amide bonds. The first-order valence-corrected chi connectivity index (χ1v) is 3.65. The molecule has 0 heterocycles. The average Bonchev–Trinajstić information content (AvgIpc) is 2.01. The average molecular weight is 159 g/mol. The van der Waals surface area contributed by atoms with E-state index in [0.29, 0.717) is 12.5 Å². The molecule has 0 saturated carbocycles. The molecule has 0 unspecified atom stereocenters. The highest BCUT2D eigenvalue weighted by Gasteiger charge is 1.99. The number of aliphatic imine (C=N–C) groups is 1. The van der Waals surface area contributed by atoms with Crippen molar-refractivity contribution in [2.45, 2.75) is 13.2 Å². The lowest BCUT2D eigenvalue weighted by atomic mass is 10.7. The minimum absolute atomic E-state index is 0.0229. The number of nitrogens with two attached hydrogens (primary N) is 1. The van der Waals surface area contributed by atoms with Gasteiger partial charge in [-0.2, -0.15) is 0 Å². The molecule has 0 aromatic rings. The van der Waals surface area contributed by atoms with Crippen LogP contribution in [0, 0.1) is 0 Å². The predicted molar refractivity (Wildman–Crippen MR) is 47.2 cm³/mol. The smallest absolute Gasteiger partial charge is 0.190 e. The molecule has 0 radical (unpaired) electrons. The van der Waals surface area contributed by atoms with Crippen molar-refractivity contribution in [2.75, 3.05) is 20.6 Å². The molecule has 0 rings (SSSR count). The summed E-state index contributed by atoms with van der Waals surface area (Å²) in [4.78, 5) is 3.96. The van der Waals surface area contributed by atoms with Crippen LogP contribution in [0.4, 0.5) is 0 Å². The summed E-state index contributed by atoms with van der Waals surface area (Å²) in [6, 6.07) is 0. The molecule has 0 aromatic carbocycles. The largest absolute Gasteiger partial charge is 0.370 e. The van der Waals surface area contributed by atoms with E-state index >= 15 is 0 Å². The highest BCUT2D eigenvalue weighted by atomic mass is 15.3. The SMILES string of the molecule is CCN=C(N)NC(NC)NC. The summed E-state index contributed by atoms with van der Waals surface area (Å²) >= 11 is 0. The molecule has 0 aliphatic rings. The van der Waals surface area contributed by atoms with Gasteiger partial charge in [0.2, 0.25) is 0 Å². The molecule has 5 nitrogen and oxygen atoms in total. The van der Waals surface area contributed by atoms with Gasteiger partial charge in [-0.15, -0.1) is 0 Å². The third kappa shape index (κ3) is 4.58. The van der Waals surface area contributed by atoms with Gasteiger partial charge < -0.3 is 11.1 Å². The summed E-state index contributed by atoms with van der Waals surface area (Å²) in [6.07, 6.45) is -0.0229. The van der Waals surface area contributed by atoms with E-state index in [4.69, 9.17) is 5.73 Å². The van der Waals surface area contributed by atoms with Crippen molar-refractivity contribution in [3.05, 3.63) is 0 Å². The Labute approximate surface area is 67.4 Å². The third-order valence-corrected chi connectivity index (χ3v) is 1.20. The van der Waals surface area contributed by atoms with Gasteiger partial charge in [0.25, 0.3) is 0 Å². The molecule has 0 aliphatic heterocycles. The molecule has 0 aromatic heterocycles. The first-order chi connectivity index (χ1) is 5.24. The Kier molecular flexibility index (Phi) is 5.50. The second-order valence-corrected chi connectivity index (χ2v) is 2.01. The van der Waals surface area contributed by atoms with Crippen LogP contribution < -0.4 is 21.7 Å². The molecule has 0 saturated heterocycles. The molecular formula is C6H17N5. The number of hydrogen-bond donors (Lipinski definition) is 4. The zero-order valence-corrected chi connectivity index (χ0v) is 7.31. The van der Waals surface area contributed by atoms with Crippen molar-refractivity contribution in [3.63, 3.8) is 0 Å². The zero-order chi connectivity index (χ0) is 8.69. The maximum atomic E-state index is 5.50. The quantitative estimate of drug-likeness (QED) is 0.232. The van der Waals surface area contributed by atoms with E-state index in [1.807, 2.05) is 21.0 Å². The van der Waals surface area contributed by atoms with Gasteiger partial charge in [0.15, 0.2) is 5.96 Å². The lowest BCUT2D eigenvalue weighted by Gasteiger charge is -2.16. The van der Waals surface area contributed by atoms with Gasteiger partial charge in [-0.25, -0.2) is 0 Å². The van der Waals surface area contributed by atoms with Crippen molar-refractivity contribution in [1.29, 1.82) is 0 Å². The van der Waals surface area contributed by atoms with Crippen molar-refractivity contribution < 1.29 is 0 Å². The van der Waals surface area contributed by atoms with E-state index in [1.165, 1.54) is 0 Å². The van der Waals surface area contributed by atoms with E-state index in [-0.39, 0.29) is 6.29 Å². The Hall–Kier alpha value is -0.810. The maximum Gasteiger partial charge on any atom is 0.190 e. The fourth-order valence-electron chi connectivity index (χ4n) is 0.653. The zero-order valence-electron chi connectivity index (χ0n) is 7.31. The van der Waals surface area contributed by atoms with E-state index in [9.17, 15) is 0 Å². The number of guanidine groups is 1. The van der Waals surface area contributed by atoms with Gasteiger partial charge in [-0.1, -0.05) is 0 Å². The molecular weight excluding hydrogens is 142 g/mol. The highest BCUT2D eigenvalue weighted by Crippen LogP contribution is 1.69. The molecule has 66 valence electrons. The Balaban J connectivity index is 3.71. The van der Waals surface area contributed by atoms with Crippen LogP contribution in [0.2, 0.25) is 0 Å². The highest BCUT2D eigenvalue weighted by molar-refractivity contribution is 5.77. The summed E-state index contributed by atoms with van der Waals surface area (Å²) in [6.45, 7) is 2.63. The van der Waals surface area contributed by atoms with E-state index < -0.39 is 0 Å². The molecule has 0 atom stereocenters. The summed E-state index contributed by atoms with van der Waals surface area (Å²) < 4.78 is 0. The second kappa shape index (κ2) is 5.94. The van der Waals surface area contributed by atoms with Crippen molar-refractivity contribution in [1.82, 2.24) is 16.0 Å². The standard InChI is InChI=1S/C6H17N5/c1-4-10-5(7)11-6(8-2)9-3/h6,8-9H,4H2,1-3H3,(H3,7,10,11). The van der Waals surface area contributed by atoms with Crippen LogP contribution in [0.5, 0.6) is 0 Å². The van der Waals surface area contributed by atoms with Crippen molar-refractivity contribution >= 4 is 5.96 Å². The third-order valence-electron chi connectivity index (χ3n) is 1.20. The van der Waals surface area contributed by atoms with Crippen molar-refractivity contribution in [2.24, 2.45) is 10.7 Å². The molecule has 5 N–H and O–H groups in total. The Morgan fingerprint density at radius 2 is 2.00 bits per heavy atom. The number of hydrogen-bond acceptors (Lipinski definition) is 3. The van der Waals surface area contributed by atoms with Gasteiger partial charge in [0.05, 0.1) is 0 Å². The lowest BCUT2D eigenvalue weighted by molar-refractivity contribution is 0.464. The first-order valence-electron chi connectivity index (χ1n) is 3.65. The Bertz CT molecular complexity index is 118. The fraction of sp³-hybridized carbons (Fsp3) is 0.833. The molecule has 0 aliphatic carbocycles. The number of nitrogens with one attached hydrogen (secondary N) is 3. The monoisotopic (exact) mass is 159 g/mol. The first kappa shape index (κ1) is 10.2. The molecule has 5 heteroatoms. The molecule has 0 spiro atoms. The molecule has 11 heavy (non-hydrogen) atoms. The molecule has 0 fully saturated rings. The topological polar surface area (TPSA) is 74.5 Å². The molecule has 0 bridgehead atoms. The summed E-state index contributed by atoms with van der Waals surface area (Å²) in [5, 5.41) is 8.84. The van der Waals surface area contributed by atoms with Crippen LogP contribution in [0.1, 0.15) is 6.92 Å². The van der Waals surface area contributed by atoms with Gasteiger partial charge >= 0.3 is 0 Å². The van der Waals surface area contributed by atoms with Gasteiger partial charge in [0.1, 0.15) is 6.29 Å². The minimum Gasteiger partial charge on any atom is -0.370 e. The van der Waals surface area contributed by atoms with Crippen LogP contribution in [0.3, 0.4) is 0 Å². The summed E-state index contributed by atoms with van der Waals surface area (Å²) in [7, 11) is 3.65. The van der Waals surface area contributed by atoms with Gasteiger partial charge in [-0.3, -0.25) is 15.6 Å². The van der Waals surface area contributed by atoms with Crippen LogP contribution in [-0.4, -0.2) is 32.9 Å². The van der Waals surface area contributed by atoms with E-state index in [1.54, 1.807) is 0 Å². The summed E-state index contributed by atoms with van der Waals surface area (Å²) in [5.41, 5.74) is 5.50. The van der Waals surface area contributed by atoms with Crippen LogP contribution >= 0.6 is 0 Å². The second-order valence-electron chi connectivity index (χ2n) is 2.01. The number of nitrogens with zero attached hydrogens (tertiary/aromatic N) is 1. The summed E-state index contributed by atoms with van der Waals surface area (Å²) in [5.74, 6) is 0.446. The Morgan fingerprint density at radius 1 is 1.45 bits per heavy atom.